The number of phenols is 1. The third kappa shape index (κ3) is 4.20. The molecule has 3 rings (SSSR count). The predicted octanol–water partition coefficient (Wildman–Crippen LogP) is 6.68. The molecule has 1 aromatic heterocycles. The van der Waals surface area contributed by atoms with Crippen molar-refractivity contribution in [2.75, 3.05) is 0 Å². The van der Waals surface area contributed by atoms with Crippen molar-refractivity contribution in [2.24, 2.45) is 0 Å². The van der Waals surface area contributed by atoms with Gasteiger partial charge in [0.05, 0.1) is 4.88 Å². The number of aryl methyl sites for hydroxylation is 5. The summed E-state index contributed by atoms with van der Waals surface area (Å²) in [5, 5.41) is 9.93. The molecule has 0 saturated carbocycles. The lowest BCUT2D eigenvalue weighted by Gasteiger charge is -2.08. The van der Waals surface area contributed by atoms with Crippen molar-refractivity contribution in [2.45, 2.75) is 53.4 Å². The van der Waals surface area contributed by atoms with Crippen LogP contribution in [0.5, 0.6) is 5.75 Å². The number of phenolic OH excluding ortho intramolecular Hbond substituents is 1. The van der Waals surface area contributed by atoms with E-state index in [4.69, 9.17) is 0 Å². The van der Waals surface area contributed by atoms with Gasteiger partial charge in [-0.3, -0.25) is 4.79 Å². The average Bonchev–Trinajstić information content (AvgIpc) is 3.14. The van der Waals surface area contributed by atoms with E-state index >= 15 is 0 Å². The van der Waals surface area contributed by atoms with Crippen molar-refractivity contribution in [1.82, 2.24) is 0 Å². The molecule has 0 unspecified atom stereocenters. The fourth-order valence-corrected chi connectivity index (χ4v) is 4.80. The summed E-state index contributed by atoms with van der Waals surface area (Å²) in [7, 11) is 0. The summed E-state index contributed by atoms with van der Waals surface area (Å²) in [6, 6.07) is 14.5. The first-order chi connectivity index (χ1) is 13.4. The Bertz CT molecular complexity index is 975. The monoisotopic (exact) mass is 392 g/mol. The second kappa shape index (κ2) is 8.74. The molecule has 3 aromatic rings. The van der Waals surface area contributed by atoms with Gasteiger partial charge in [0.25, 0.3) is 0 Å². The minimum absolute atomic E-state index is 0.198. The van der Waals surface area contributed by atoms with Crippen LogP contribution in [0.4, 0.5) is 0 Å². The van der Waals surface area contributed by atoms with Crippen LogP contribution in [-0.4, -0.2) is 10.9 Å². The van der Waals surface area contributed by atoms with Crippen LogP contribution in [0.15, 0.2) is 42.5 Å². The van der Waals surface area contributed by atoms with E-state index in [2.05, 4.69) is 44.2 Å². The highest BCUT2D eigenvalue weighted by molar-refractivity contribution is 7.14. The van der Waals surface area contributed by atoms with Gasteiger partial charge < -0.3 is 5.11 Å². The molecule has 0 fully saturated rings. The zero-order valence-electron chi connectivity index (χ0n) is 17.1. The number of carbonyl (C=O) groups is 1. The maximum absolute atomic E-state index is 12.9. The van der Waals surface area contributed by atoms with Gasteiger partial charge in [-0.15, -0.1) is 11.3 Å². The number of benzene rings is 2. The van der Waals surface area contributed by atoms with Crippen molar-refractivity contribution in [3.8, 4) is 16.9 Å². The fraction of sp³-hybridized carbons (Fsp3) is 0.320. The van der Waals surface area contributed by atoms with E-state index < -0.39 is 0 Å². The molecule has 1 N–H and O–H groups in total. The molecule has 0 bridgehead atoms. The van der Waals surface area contributed by atoms with Crippen molar-refractivity contribution in [3.05, 3.63) is 74.5 Å². The summed E-state index contributed by atoms with van der Waals surface area (Å²) >= 11 is 1.64. The molecule has 0 atom stereocenters. The van der Waals surface area contributed by atoms with Crippen LogP contribution in [0, 0.1) is 13.8 Å². The zero-order chi connectivity index (χ0) is 20.3. The summed E-state index contributed by atoms with van der Waals surface area (Å²) in [5.74, 6) is 0.545. The molecule has 2 aromatic carbocycles. The first-order valence-electron chi connectivity index (χ1n) is 9.97. The SMILES string of the molecule is CCc1ccccc1-c1cc(C(=O)CCc2cc(C)c(O)c(C)c2)sc1CC. The molecule has 0 aliphatic carbocycles. The number of rotatable bonds is 7. The van der Waals surface area contributed by atoms with E-state index in [1.54, 1.807) is 11.3 Å². The van der Waals surface area contributed by atoms with Crippen molar-refractivity contribution in [3.63, 3.8) is 0 Å². The van der Waals surface area contributed by atoms with E-state index in [9.17, 15) is 9.90 Å². The Hall–Kier alpha value is -2.39. The Morgan fingerprint density at radius 1 is 0.964 bits per heavy atom. The Balaban J connectivity index is 1.82. The minimum Gasteiger partial charge on any atom is -0.507 e. The van der Waals surface area contributed by atoms with Gasteiger partial charge in [0.15, 0.2) is 5.78 Å². The topological polar surface area (TPSA) is 37.3 Å². The average molecular weight is 393 g/mol. The summed E-state index contributed by atoms with van der Waals surface area (Å²) in [6.45, 7) is 8.13. The molecule has 28 heavy (non-hydrogen) atoms. The summed E-state index contributed by atoms with van der Waals surface area (Å²) < 4.78 is 0. The summed E-state index contributed by atoms with van der Waals surface area (Å²) in [5.41, 5.74) is 6.62. The maximum atomic E-state index is 12.9. The molecule has 0 spiro atoms. The van der Waals surface area contributed by atoms with Gasteiger partial charge in [-0.05, 0) is 72.6 Å². The molecule has 0 aliphatic heterocycles. The van der Waals surface area contributed by atoms with Crippen LogP contribution in [0.1, 0.15) is 57.1 Å². The highest BCUT2D eigenvalue weighted by Crippen LogP contribution is 2.35. The molecule has 0 amide bonds. The number of ketones is 1. The summed E-state index contributed by atoms with van der Waals surface area (Å²) in [4.78, 5) is 15.0. The van der Waals surface area contributed by atoms with Crippen LogP contribution in [-0.2, 0) is 19.3 Å². The largest absolute Gasteiger partial charge is 0.507 e. The molecule has 0 saturated heterocycles. The quantitative estimate of drug-likeness (QED) is 0.455. The van der Waals surface area contributed by atoms with E-state index in [0.717, 1.165) is 34.4 Å². The predicted molar refractivity (Wildman–Crippen MR) is 119 cm³/mol. The molecule has 0 radical (unpaired) electrons. The van der Waals surface area contributed by atoms with Gasteiger partial charge in [-0.2, -0.15) is 0 Å². The van der Waals surface area contributed by atoms with Crippen LogP contribution < -0.4 is 0 Å². The number of thiophene rings is 1. The van der Waals surface area contributed by atoms with Crippen LogP contribution in [0.25, 0.3) is 11.1 Å². The van der Waals surface area contributed by atoms with Gasteiger partial charge in [0, 0.05) is 11.3 Å². The second-order valence-electron chi connectivity index (χ2n) is 7.31. The summed E-state index contributed by atoms with van der Waals surface area (Å²) in [6.07, 6.45) is 3.10. The number of hydrogen-bond donors (Lipinski definition) is 1. The smallest absolute Gasteiger partial charge is 0.173 e. The Morgan fingerprint density at radius 3 is 2.29 bits per heavy atom. The van der Waals surface area contributed by atoms with Crippen LogP contribution in [0.2, 0.25) is 0 Å². The van der Waals surface area contributed by atoms with Gasteiger partial charge in [-0.1, -0.05) is 50.2 Å². The zero-order valence-corrected chi connectivity index (χ0v) is 18.0. The lowest BCUT2D eigenvalue weighted by atomic mass is 9.97. The van der Waals surface area contributed by atoms with Crippen molar-refractivity contribution >= 4 is 17.1 Å². The fourth-order valence-electron chi connectivity index (χ4n) is 3.72. The molecular weight excluding hydrogens is 364 g/mol. The third-order valence-electron chi connectivity index (χ3n) is 5.28. The van der Waals surface area contributed by atoms with E-state index in [-0.39, 0.29) is 5.78 Å². The minimum atomic E-state index is 0.198. The maximum Gasteiger partial charge on any atom is 0.173 e. The van der Waals surface area contributed by atoms with E-state index in [0.29, 0.717) is 18.6 Å². The van der Waals surface area contributed by atoms with Crippen LogP contribution >= 0.6 is 11.3 Å². The molecule has 3 heteroatoms. The number of Topliss-reactive ketones (excluding diaryl/α,β-unsaturated/α-hetero) is 1. The van der Waals surface area contributed by atoms with Gasteiger partial charge >= 0.3 is 0 Å². The normalized spacial score (nSPS) is 11.0. The third-order valence-corrected chi connectivity index (χ3v) is 6.61. The first-order valence-corrected chi connectivity index (χ1v) is 10.8. The van der Waals surface area contributed by atoms with Crippen LogP contribution in [0.3, 0.4) is 0 Å². The highest BCUT2D eigenvalue weighted by Gasteiger charge is 2.17. The van der Waals surface area contributed by atoms with E-state index in [1.165, 1.54) is 21.6 Å². The molecule has 1 heterocycles. The lowest BCUT2D eigenvalue weighted by Crippen LogP contribution is -1.99. The van der Waals surface area contributed by atoms with Gasteiger partial charge in [-0.25, -0.2) is 0 Å². The van der Waals surface area contributed by atoms with E-state index in [1.807, 2.05) is 26.0 Å². The number of hydrogen-bond acceptors (Lipinski definition) is 3. The molecular formula is C25H28O2S. The van der Waals surface area contributed by atoms with Gasteiger partial charge in [0.2, 0.25) is 0 Å². The second-order valence-corrected chi connectivity index (χ2v) is 8.45. The molecule has 146 valence electrons. The Labute approximate surface area is 171 Å². The highest BCUT2D eigenvalue weighted by atomic mass is 32.1. The molecule has 0 aliphatic rings. The lowest BCUT2D eigenvalue weighted by molar-refractivity contribution is 0.0986. The number of aromatic hydroxyl groups is 1. The van der Waals surface area contributed by atoms with Crippen molar-refractivity contribution in [1.29, 1.82) is 0 Å². The first kappa shape index (κ1) is 20.3. The number of carbonyl (C=O) groups excluding carboxylic acids is 1. The van der Waals surface area contributed by atoms with Gasteiger partial charge in [0.1, 0.15) is 5.75 Å². The Morgan fingerprint density at radius 2 is 1.64 bits per heavy atom. The standard InChI is InChI=1S/C25H28O2S/c1-5-19-9-7-8-10-20(19)21-15-24(28-23(21)6-2)22(26)12-11-18-13-16(3)25(27)17(4)14-18/h7-10,13-15,27H,5-6,11-12H2,1-4H3. The molecule has 2 nitrogen and oxygen atoms in total. The Kier molecular flexibility index (Phi) is 6.35. The van der Waals surface area contributed by atoms with Crippen molar-refractivity contribution < 1.29 is 9.90 Å².